The fraction of sp³-hybridized carbons (Fsp3) is 0.200. The summed E-state index contributed by atoms with van der Waals surface area (Å²) in [7, 11) is 0. The number of carbonyl (C=O) groups is 2. The second kappa shape index (κ2) is 10.3. The van der Waals surface area contributed by atoms with Gasteiger partial charge >= 0.3 is 11.9 Å². The van der Waals surface area contributed by atoms with Crippen molar-refractivity contribution < 1.29 is 24.5 Å². The summed E-state index contributed by atoms with van der Waals surface area (Å²) in [6, 6.07) is 13.3. The van der Waals surface area contributed by atoms with Gasteiger partial charge in [0.1, 0.15) is 12.3 Å². The van der Waals surface area contributed by atoms with Gasteiger partial charge in [-0.15, -0.1) is 6.58 Å². The molecule has 0 spiro atoms. The molecule has 0 fully saturated rings. The van der Waals surface area contributed by atoms with Gasteiger partial charge in [0.05, 0.1) is 13.0 Å². The maximum absolute atomic E-state index is 11.3. The molecule has 0 aliphatic heterocycles. The lowest BCUT2D eigenvalue weighted by molar-refractivity contribution is -0.138. The van der Waals surface area contributed by atoms with Crippen molar-refractivity contribution in [3.63, 3.8) is 0 Å². The molecular weight excluding hydrogens is 394 g/mol. The third kappa shape index (κ3) is 5.85. The van der Waals surface area contributed by atoms with Crippen LogP contribution in [0.25, 0.3) is 23.1 Å². The highest BCUT2D eigenvalue weighted by atomic mass is 16.5. The molecule has 0 aliphatic rings. The molecule has 3 aromatic rings. The number of carboxylic acids is 2. The lowest BCUT2D eigenvalue weighted by Gasteiger charge is -2.05. The SMILES string of the molecule is C=CCCCOc1ccc(/C=C/c2cccc3c2c(CC(=O)O)cn3CC(=O)O)cc1. The monoisotopic (exact) mass is 419 g/mol. The second-order valence-electron chi connectivity index (χ2n) is 7.17. The van der Waals surface area contributed by atoms with Gasteiger partial charge < -0.3 is 19.5 Å². The molecule has 1 heterocycles. The first-order chi connectivity index (χ1) is 15.0. The number of aliphatic carboxylic acids is 2. The van der Waals surface area contributed by atoms with E-state index in [-0.39, 0.29) is 13.0 Å². The number of aromatic nitrogens is 1. The van der Waals surface area contributed by atoms with Gasteiger partial charge in [-0.1, -0.05) is 42.5 Å². The summed E-state index contributed by atoms with van der Waals surface area (Å²) in [5.74, 6) is -1.14. The van der Waals surface area contributed by atoms with Gasteiger partial charge in [0.15, 0.2) is 0 Å². The molecule has 31 heavy (non-hydrogen) atoms. The number of allylic oxidation sites excluding steroid dienone is 1. The molecule has 2 N–H and O–H groups in total. The van der Waals surface area contributed by atoms with Crippen LogP contribution in [0.2, 0.25) is 0 Å². The minimum absolute atomic E-state index is 0.175. The van der Waals surface area contributed by atoms with Gasteiger partial charge in [0.25, 0.3) is 0 Å². The van der Waals surface area contributed by atoms with E-state index in [0.29, 0.717) is 17.7 Å². The minimum Gasteiger partial charge on any atom is -0.494 e. The Bertz CT molecular complexity index is 1110. The molecule has 0 aliphatic carbocycles. The number of benzene rings is 2. The zero-order valence-electron chi connectivity index (χ0n) is 17.2. The Morgan fingerprint density at radius 3 is 2.48 bits per heavy atom. The van der Waals surface area contributed by atoms with Crippen molar-refractivity contribution >= 4 is 35.0 Å². The number of hydrogen-bond acceptors (Lipinski definition) is 3. The fourth-order valence-electron chi connectivity index (χ4n) is 3.46. The van der Waals surface area contributed by atoms with E-state index in [1.54, 1.807) is 16.8 Å². The first-order valence-corrected chi connectivity index (χ1v) is 10.0. The summed E-state index contributed by atoms with van der Waals surface area (Å²) in [5, 5.41) is 19.2. The van der Waals surface area contributed by atoms with Crippen molar-refractivity contribution in [3.05, 3.63) is 78.0 Å². The summed E-state index contributed by atoms with van der Waals surface area (Å²) in [4.78, 5) is 22.5. The Labute approximate surface area is 180 Å². The van der Waals surface area contributed by atoms with E-state index >= 15 is 0 Å². The van der Waals surface area contributed by atoms with Crippen LogP contribution >= 0.6 is 0 Å². The Hall–Kier alpha value is -3.80. The zero-order chi connectivity index (χ0) is 22.2. The van der Waals surface area contributed by atoms with Gasteiger partial charge in [-0.2, -0.15) is 0 Å². The molecule has 0 unspecified atom stereocenters. The van der Waals surface area contributed by atoms with E-state index in [1.165, 1.54) is 0 Å². The third-order valence-corrected chi connectivity index (χ3v) is 4.82. The Morgan fingerprint density at radius 2 is 1.81 bits per heavy atom. The number of unbranched alkanes of at least 4 members (excludes halogenated alkanes) is 1. The molecule has 0 atom stereocenters. The molecule has 0 radical (unpaired) electrons. The van der Waals surface area contributed by atoms with E-state index in [9.17, 15) is 19.8 Å². The van der Waals surface area contributed by atoms with Crippen LogP contribution in [0.15, 0.2) is 61.3 Å². The van der Waals surface area contributed by atoms with E-state index < -0.39 is 11.9 Å². The second-order valence-corrected chi connectivity index (χ2v) is 7.17. The van der Waals surface area contributed by atoms with Gasteiger partial charge in [0.2, 0.25) is 0 Å². The van der Waals surface area contributed by atoms with Crippen LogP contribution in [0.3, 0.4) is 0 Å². The summed E-state index contributed by atoms with van der Waals surface area (Å²) in [5.41, 5.74) is 3.10. The number of ether oxygens (including phenoxy) is 1. The standard InChI is InChI=1S/C25H25NO5/c1-2-3-4-14-31-21-12-9-18(10-13-21)8-11-19-6-5-7-22-25(19)20(15-23(27)28)16-26(22)17-24(29)30/h2,5-13,16H,1,3-4,14-15,17H2,(H,27,28)(H,29,30)/b11-8+. The van der Waals surface area contributed by atoms with Gasteiger partial charge in [-0.05, 0) is 47.7 Å². The van der Waals surface area contributed by atoms with Crippen LogP contribution in [0.5, 0.6) is 5.75 Å². The Morgan fingerprint density at radius 1 is 1.03 bits per heavy atom. The van der Waals surface area contributed by atoms with Gasteiger partial charge in [0, 0.05) is 17.1 Å². The van der Waals surface area contributed by atoms with E-state index in [1.807, 2.05) is 54.6 Å². The Kier molecular flexibility index (Phi) is 7.27. The van der Waals surface area contributed by atoms with Crippen LogP contribution in [0.4, 0.5) is 0 Å². The van der Waals surface area contributed by atoms with E-state index in [4.69, 9.17) is 4.74 Å². The van der Waals surface area contributed by atoms with Crippen LogP contribution in [0, 0.1) is 0 Å². The smallest absolute Gasteiger partial charge is 0.323 e. The molecule has 160 valence electrons. The number of carboxylic acid groups (broad SMARTS) is 2. The molecule has 3 rings (SSSR count). The normalized spacial score (nSPS) is 11.1. The molecule has 2 aromatic carbocycles. The molecule has 0 saturated carbocycles. The topological polar surface area (TPSA) is 88.8 Å². The first kappa shape index (κ1) is 21.9. The summed E-state index contributed by atoms with van der Waals surface area (Å²) in [6.07, 6.45) is 9.01. The molecule has 1 aromatic heterocycles. The van der Waals surface area contributed by atoms with E-state index in [0.717, 1.165) is 35.1 Å². The van der Waals surface area contributed by atoms with Crippen molar-refractivity contribution in [1.29, 1.82) is 0 Å². The van der Waals surface area contributed by atoms with Crippen molar-refractivity contribution in [2.75, 3.05) is 6.61 Å². The van der Waals surface area contributed by atoms with Crippen molar-refractivity contribution in [3.8, 4) is 5.75 Å². The highest BCUT2D eigenvalue weighted by Gasteiger charge is 2.15. The molecule has 6 nitrogen and oxygen atoms in total. The molecule has 6 heteroatoms. The average molecular weight is 419 g/mol. The van der Waals surface area contributed by atoms with Crippen LogP contribution in [0.1, 0.15) is 29.5 Å². The summed E-state index contributed by atoms with van der Waals surface area (Å²) >= 11 is 0. The lowest BCUT2D eigenvalue weighted by atomic mass is 10.0. The largest absolute Gasteiger partial charge is 0.494 e. The predicted octanol–water partition coefficient (Wildman–Crippen LogP) is 4.87. The predicted molar refractivity (Wildman–Crippen MR) is 121 cm³/mol. The fourth-order valence-corrected chi connectivity index (χ4v) is 3.46. The number of hydrogen-bond donors (Lipinski definition) is 2. The summed E-state index contributed by atoms with van der Waals surface area (Å²) < 4.78 is 7.27. The highest BCUT2D eigenvalue weighted by Crippen LogP contribution is 2.28. The first-order valence-electron chi connectivity index (χ1n) is 10.0. The molecule has 0 saturated heterocycles. The van der Waals surface area contributed by atoms with Crippen LogP contribution in [-0.4, -0.2) is 33.3 Å². The molecular formula is C25H25NO5. The summed E-state index contributed by atoms with van der Waals surface area (Å²) in [6.45, 7) is 4.11. The van der Waals surface area contributed by atoms with Gasteiger partial charge in [-0.3, -0.25) is 9.59 Å². The van der Waals surface area contributed by atoms with Crippen molar-refractivity contribution in [2.45, 2.75) is 25.8 Å². The van der Waals surface area contributed by atoms with Crippen LogP contribution in [-0.2, 0) is 22.6 Å². The third-order valence-electron chi connectivity index (χ3n) is 4.82. The highest BCUT2D eigenvalue weighted by molar-refractivity contribution is 5.96. The van der Waals surface area contributed by atoms with Crippen molar-refractivity contribution in [1.82, 2.24) is 4.57 Å². The quantitative estimate of drug-likeness (QED) is 0.263. The number of rotatable bonds is 11. The number of nitrogens with zero attached hydrogens (tertiary/aromatic N) is 1. The van der Waals surface area contributed by atoms with E-state index in [2.05, 4.69) is 6.58 Å². The molecule has 0 bridgehead atoms. The maximum Gasteiger partial charge on any atom is 0.323 e. The lowest BCUT2D eigenvalue weighted by Crippen LogP contribution is -2.07. The zero-order valence-corrected chi connectivity index (χ0v) is 17.2. The minimum atomic E-state index is -0.980. The maximum atomic E-state index is 11.3. The Balaban J connectivity index is 1.85. The molecule has 0 amide bonds. The van der Waals surface area contributed by atoms with Crippen LogP contribution < -0.4 is 4.74 Å². The van der Waals surface area contributed by atoms with Gasteiger partial charge in [-0.25, -0.2) is 0 Å². The average Bonchev–Trinajstić information content (AvgIpc) is 3.07. The number of fused-ring (bicyclic) bond motifs is 1. The van der Waals surface area contributed by atoms with Crippen molar-refractivity contribution in [2.24, 2.45) is 0 Å².